The summed E-state index contributed by atoms with van der Waals surface area (Å²) < 4.78 is 4.52. The molecule has 0 bridgehead atoms. The summed E-state index contributed by atoms with van der Waals surface area (Å²) in [4.78, 5) is 13.0. The summed E-state index contributed by atoms with van der Waals surface area (Å²) >= 11 is 1.51. The average Bonchev–Trinajstić information content (AvgIpc) is 2.49. The summed E-state index contributed by atoms with van der Waals surface area (Å²) in [5, 5.41) is 0. The molecule has 0 aliphatic rings. The Morgan fingerprint density at radius 3 is 2.75 bits per heavy atom. The van der Waals surface area contributed by atoms with Gasteiger partial charge in [0.05, 0.1) is 7.11 Å². The van der Waals surface area contributed by atoms with E-state index in [2.05, 4.69) is 4.74 Å². The first-order valence-electron chi connectivity index (χ1n) is 3.55. The summed E-state index contributed by atoms with van der Waals surface area (Å²) in [5.41, 5.74) is 5.60. The number of methoxy groups -OCH3 is 1. The summed E-state index contributed by atoms with van der Waals surface area (Å²) in [7, 11) is 1.34. The highest BCUT2D eigenvalue weighted by Gasteiger charge is 2.17. The molecule has 66 valence electrons. The van der Waals surface area contributed by atoms with Crippen LogP contribution in [0.1, 0.15) is 15.8 Å². The summed E-state index contributed by atoms with van der Waals surface area (Å²) in [6, 6.07) is 3.15. The molecule has 0 unspecified atom stereocenters. The monoisotopic (exact) mass is 185 g/mol. The molecule has 0 saturated carbocycles. The van der Waals surface area contributed by atoms with Crippen LogP contribution < -0.4 is 5.73 Å². The van der Waals surface area contributed by atoms with Crippen LogP contribution in [0.5, 0.6) is 0 Å². The van der Waals surface area contributed by atoms with E-state index < -0.39 is 12.0 Å². The number of ether oxygens (including phenoxy) is 1. The van der Waals surface area contributed by atoms with Crippen LogP contribution in [0.3, 0.4) is 0 Å². The number of nitrogens with two attached hydrogens (primary N) is 1. The quantitative estimate of drug-likeness (QED) is 0.705. The fraction of sp³-hybridized carbons (Fsp3) is 0.375. The Bertz CT molecular complexity index is 282. The van der Waals surface area contributed by atoms with Crippen LogP contribution in [-0.2, 0) is 9.53 Å². The Hall–Kier alpha value is -0.870. The maximum atomic E-state index is 11.0. The van der Waals surface area contributed by atoms with Crippen molar-refractivity contribution in [2.24, 2.45) is 5.73 Å². The molecular weight excluding hydrogens is 174 g/mol. The molecule has 1 aromatic rings. The third kappa shape index (κ3) is 1.84. The minimum atomic E-state index is -0.631. The largest absolute Gasteiger partial charge is 0.468 e. The number of carbonyl (C=O) groups is 1. The van der Waals surface area contributed by atoms with Crippen molar-refractivity contribution < 1.29 is 9.53 Å². The molecule has 0 spiro atoms. The van der Waals surface area contributed by atoms with Gasteiger partial charge in [0.25, 0.3) is 0 Å². The van der Waals surface area contributed by atoms with Crippen LogP contribution in [-0.4, -0.2) is 13.1 Å². The van der Waals surface area contributed by atoms with Gasteiger partial charge < -0.3 is 10.5 Å². The fourth-order valence-electron chi connectivity index (χ4n) is 0.864. The second-order valence-corrected chi connectivity index (χ2v) is 3.77. The second kappa shape index (κ2) is 3.69. The van der Waals surface area contributed by atoms with Gasteiger partial charge >= 0.3 is 5.97 Å². The van der Waals surface area contributed by atoms with E-state index in [9.17, 15) is 4.79 Å². The fourth-order valence-corrected chi connectivity index (χ4v) is 1.73. The average molecular weight is 185 g/mol. The molecule has 3 nitrogen and oxygen atoms in total. The van der Waals surface area contributed by atoms with E-state index in [4.69, 9.17) is 5.73 Å². The van der Waals surface area contributed by atoms with E-state index in [1.165, 1.54) is 18.4 Å². The van der Waals surface area contributed by atoms with Crippen molar-refractivity contribution in [2.45, 2.75) is 13.0 Å². The Kier molecular flexibility index (Phi) is 2.83. The lowest BCUT2D eigenvalue weighted by atomic mass is 10.2. The zero-order valence-electron chi connectivity index (χ0n) is 7.03. The standard InChI is InChI=1S/C8H11NO2S/c1-5-3-4-6(12-5)7(9)8(10)11-2/h3-4,7H,9H2,1-2H3/t7-/m1/s1. The Balaban J connectivity index is 2.77. The number of hydrogen-bond donors (Lipinski definition) is 1. The van der Waals surface area contributed by atoms with E-state index in [0.717, 1.165) is 9.75 Å². The Morgan fingerprint density at radius 2 is 2.33 bits per heavy atom. The maximum Gasteiger partial charge on any atom is 0.328 e. The molecule has 0 saturated heterocycles. The van der Waals surface area contributed by atoms with Crippen molar-refractivity contribution in [3.63, 3.8) is 0 Å². The van der Waals surface area contributed by atoms with E-state index in [1.807, 2.05) is 19.1 Å². The van der Waals surface area contributed by atoms with Crippen LogP contribution in [0.25, 0.3) is 0 Å². The van der Waals surface area contributed by atoms with Gasteiger partial charge in [-0.3, -0.25) is 0 Å². The van der Waals surface area contributed by atoms with E-state index in [-0.39, 0.29) is 0 Å². The molecule has 0 aliphatic heterocycles. The number of esters is 1. The predicted molar refractivity (Wildman–Crippen MR) is 48.0 cm³/mol. The lowest BCUT2D eigenvalue weighted by molar-refractivity contribution is -0.142. The van der Waals surface area contributed by atoms with Crippen molar-refractivity contribution in [1.29, 1.82) is 0 Å². The van der Waals surface area contributed by atoms with Gasteiger partial charge in [-0.15, -0.1) is 11.3 Å². The van der Waals surface area contributed by atoms with Gasteiger partial charge in [0.2, 0.25) is 0 Å². The molecular formula is C8H11NO2S. The highest BCUT2D eigenvalue weighted by Crippen LogP contribution is 2.21. The van der Waals surface area contributed by atoms with Crippen LogP contribution >= 0.6 is 11.3 Å². The number of carbonyl (C=O) groups excluding carboxylic acids is 1. The predicted octanol–water partition coefficient (Wildman–Crippen LogP) is 1.23. The van der Waals surface area contributed by atoms with Gasteiger partial charge in [0.1, 0.15) is 6.04 Å². The summed E-state index contributed by atoms with van der Waals surface area (Å²) in [5.74, 6) is -0.392. The zero-order chi connectivity index (χ0) is 9.14. The van der Waals surface area contributed by atoms with Crippen molar-refractivity contribution in [3.8, 4) is 0 Å². The first-order chi connectivity index (χ1) is 5.65. The second-order valence-electron chi connectivity index (χ2n) is 2.45. The number of thiophene rings is 1. The Labute approximate surface area is 75.1 Å². The minimum absolute atomic E-state index is 0.392. The highest BCUT2D eigenvalue weighted by atomic mass is 32.1. The molecule has 12 heavy (non-hydrogen) atoms. The molecule has 2 N–H and O–H groups in total. The number of rotatable bonds is 2. The van der Waals surface area contributed by atoms with E-state index >= 15 is 0 Å². The van der Waals surface area contributed by atoms with Crippen molar-refractivity contribution in [1.82, 2.24) is 0 Å². The number of aryl methyl sites for hydroxylation is 1. The third-order valence-corrected chi connectivity index (χ3v) is 2.61. The molecule has 0 radical (unpaired) electrons. The summed E-state index contributed by atoms with van der Waals surface area (Å²) in [6.07, 6.45) is 0. The van der Waals surface area contributed by atoms with Gasteiger partial charge in [-0.25, -0.2) is 4.79 Å². The van der Waals surface area contributed by atoms with Gasteiger partial charge in [-0.05, 0) is 19.1 Å². The highest BCUT2D eigenvalue weighted by molar-refractivity contribution is 7.12. The van der Waals surface area contributed by atoms with Crippen LogP contribution in [0.4, 0.5) is 0 Å². The molecule has 4 heteroatoms. The van der Waals surface area contributed by atoms with Gasteiger partial charge in [-0.1, -0.05) is 0 Å². The van der Waals surface area contributed by atoms with Crippen LogP contribution in [0, 0.1) is 6.92 Å². The lowest BCUT2D eigenvalue weighted by Crippen LogP contribution is -2.21. The molecule has 0 aromatic carbocycles. The minimum Gasteiger partial charge on any atom is -0.468 e. The lowest BCUT2D eigenvalue weighted by Gasteiger charge is -2.05. The first-order valence-corrected chi connectivity index (χ1v) is 4.36. The smallest absolute Gasteiger partial charge is 0.328 e. The van der Waals surface area contributed by atoms with E-state index in [0.29, 0.717) is 0 Å². The van der Waals surface area contributed by atoms with Gasteiger partial charge in [0.15, 0.2) is 0 Å². The van der Waals surface area contributed by atoms with Crippen molar-refractivity contribution in [3.05, 3.63) is 21.9 Å². The molecule has 1 aromatic heterocycles. The van der Waals surface area contributed by atoms with Crippen molar-refractivity contribution in [2.75, 3.05) is 7.11 Å². The van der Waals surface area contributed by atoms with Crippen LogP contribution in [0.2, 0.25) is 0 Å². The van der Waals surface area contributed by atoms with Crippen molar-refractivity contribution >= 4 is 17.3 Å². The summed E-state index contributed by atoms with van der Waals surface area (Å²) in [6.45, 7) is 1.97. The molecule has 1 rings (SSSR count). The van der Waals surface area contributed by atoms with E-state index in [1.54, 1.807) is 0 Å². The molecule has 1 atom stereocenters. The molecule has 0 amide bonds. The third-order valence-electron chi connectivity index (χ3n) is 1.52. The number of hydrogen-bond acceptors (Lipinski definition) is 4. The maximum absolute atomic E-state index is 11.0. The topological polar surface area (TPSA) is 52.3 Å². The van der Waals surface area contributed by atoms with Crippen LogP contribution in [0.15, 0.2) is 12.1 Å². The normalized spacial score (nSPS) is 12.6. The first kappa shape index (κ1) is 9.22. The SMILES string of the molecule is COC(=O)[C@H](N)c1ccc(C)s1. The molecule has 0 aliphatic carbocycles. The van der Waals surface area contributed by atoms with Gasteiger partial charge in [0, 0.05) is 9.75 Å². The van der Waals surface area contributed by atoms with Gasteiger partial charge in [-0.2, -0.15) is 0 Å². The Morgan fingerprint density at radius 1 is 1.67 bits per heavy atom. The zero-order valence-corrected chi connectivity index (χ0v) is 7.85. The molecule has 1 heterocycles. The molecule has 0 fully saturated rings.